The number of rotatable bonds is 2. The van der Waals surface area contributed by atoms with E-state index in [0.29, 0.717) is 0 Å². The van der Waals surface area contributed by atoms with Gasteiger partial charge in [-0.25, -0.2) is 0 Å². The van der Waals surface area contributed by atoms with E-state index in [-0.39, 0.29) is 24.0 Å². The number of halogens is 1. The Kier molecular flexibility index (Phi) is 5.17. The lowest BCUT2D eigenvalue weighted by Crippen LogP contribution is -3.00. The predicted molar refractivity (Wildman–Crippen MR) is 83.5 cm³/mol. The molecule has 104 valence electrons. The van der Waals surface area contributed by atoms with Gasteiger partial charge in [-0.05, 0) is 18.2 Å². The second-order valence-electron chi connectivity index (χ2n) is 4.18. The van der Waals surface area contributed by atoms with Crippen molar-refractivity contribution < 1.29 is 28.7 Å². The highest BCUT2D eigenvalue weighted by molar-refractivity contribution is 7.35. The van der Waals surface area contributed by atoms with Crippen molar-refractivity contribution in [3.63, 3.8) is 0 Å². The van der Waals surface area contributed by atoms with E-state index >= 15 is 0 Å². The first-order valence-electron chi connectivity index (χ1n) is 5.97. The van der Waals surface area contributed by atoms with Crippen LogP contribution >= 0.6 is 22.7 Å². The van der Waals surface area contributed by atoms with Gasteiger partial charge in [0.15, 0.2) is 0 Å². The molecule has 0 amide bonds. The van der Waals surface area contributed by atoms with Crippen LogP contribution in [0, 0.1) is 0 Å². The van der Waals surface area contributed by atoms with E-state index in [1.807, 2.05) is 23.5 Å². The number of para-hydroxylation sites is 1. The molecular formula is C15H14INOS2. The predicted octanol–water partition coefficient (Wildman–Crippen LogP) is 0.709. The molecule has 0 aliphatic carbocycles. The minimum atomic E-state index is 0. The fourth-order valence-electron chi connectivity index (χ4n) is 1.88. The summed E-state index contributed by atoms with van der Waals surface area (Å²) in [7, 11) is 3.81. The summed E-state index contributed by atoms with van der Waals surface area (Å²) in [4.78, 5) is 0. The van der Waals surface area contributed by atoms with Crippen LogP contribution < -0.4 is 37.3 Å². The number of nitrogens with zero attached hydrogens (tertiary/aromatic N) is 1. The van der Waals surface area contributed by atoms with E-state index in [1.54, 1.807) is 18.4 Å². The Balaban J connectivity index is 0.00000147. The Bertz CT molecular complexity index is 777. The van der Waals surface area contributed by atoms with Gasteiger partial charge in [-0.3, -0.25) is 0 Å². The Morgan fingerprint density at radius 1 is 0.950 bits per heavy atom. The number of hydrogen-bond acceptors (Lipinski definition) is 3. The Hall–Kier alpha value is -0.920. The number of methoxy groups -OCH3 is 1. The zero-order chi connectivity index (χ0) is 13.2. The van der Waals surface area contributed by atoms with E-state index in [0.717, 1.165) is 5.75 Å². The molecule has 0 aliphatic heterocycles. The Morgan fingerprint density at radius 3 is 2.35 bits per heavy atom. The van der Waals surface area contributed by atoms with Gasteiger partial charge in [-0.2, -0.15) is 4.58 Å². The second-order valence-corrected chi connectivity index (χ2v) is 6.50. The van der Waals surface area contributed by atoms with Crippen molar-refractivity contribution in [3.05, 3.63) is 52.5 Å². The number of hydrogen-bond donors (Lipinski definition) is 0. The average molecular weight is 415 g/mol. The van der Waals surface area contributed by atoms with Gasteiger partial charge in [0, 0.05) is 12.1 Å². The molecule has 1 heterocycles. The van der Waals surface area contributed by atoms with E-state index < -0.39 is 0 Å². The maximum absolute atomic E-state index is 5.27. The highest BCUT2D eigenvalue weighted by atomic mass is 127. The summed E-state index contributed by atoms with van der Waals surface area (Å²) in [6.07, 6.45) is 0. The molecule has 2 nitrogen and oxygen atoms in total. The van der Waals surface area contributed by atoms with Crippen molar-refractivity contribution in [2.24, 2.45) is 0 Å². The van der Waals surface area contributed by atoms with Crippen LogP contribution in [0.15, 0.2) is 48.5 Å². The molecule has 20 heavy (non-hydrogen) atoms. The number of fused-ring (bicyclic) bond motifs is 1. The molecule has 0 N–H and O–H groups in total. The van der Waals surface area contributed by atoms with Crippen molar-refractivity contribution in [1.82, 2.24) is 4.58 Å². The number of benzene rings is 2. The van der Waals surface area contributed by atoms with Gasteiger partial charge in [-0.1, -0.05) is 40.9 Å². The molecule has 3 aromatic rings. The largest absolute Gasteiger partial charge is 1.00 e. The van der Waals surface area contributed by atoms with Crippen LogP contribution in [-0.4, -0.2) is 14.2 Å². The van der Waals surface area contributed by atoms with Crippen molar-refractivity contribution >= 4 is 37.8 Å². The first kappa shape index (κ1) is 15.5. The molecular weight excluding hydrogens is 401 g/mol. The van der Waals surface area contributed by atoms with E-state index in [2.05, 4.69) is 48.0 Å². The van der Waals surface area contributed by atoms with Crippen LogP contribution in [0.5, 0.6) is 5.75 Å². The van der Waals surface area contributed by atoms with Crippen molar-refractivity contribution in [3.8, 4) is 5.75 Å². The molecule has 5 heteroatoms. The molecule has 3 rings (SSSR count). The molecule has 0 aliphatic rings. The Labute approximate surface area is 143 Å². The van der Waals surface area contributed by atoms with Gasteiger partial charge in [0.1, 0.15) is 12.8 Å². The normalized spacial score (nSPS) is 11.9. The summed E-state index contributed by atoms with van der Waals surface area (Å²) in [5, 5.41) is 0. The van der Waals surface area contributed by atoms with Crippen LogP contribution in [0.4, 0.5) is 5.69 Å². The van der Waals surface area contributed by atoms with Crippen molar-refractivity contribution in [1.29, 1.82) is 0 Å². The van der Waals surface area contributed by atoms with Crippen LogP contribution in [0.2, 0.25) is 0 Å². The molecule has 0 bridgehead atoms. The first-order valence-corrected chi connectivity index (χ1v) is 7.61. The topological polar surface area (TPSA) is 12.2 Å². The van der Waals surface area contributed by atoms with Gasteiger partial charge in [0.2, 0.25) is 5.69 Å². The lowest BCUT2D eigenvalue weighted by Gasteiger charge is -1.96. The van der Waals surface area contributed by atoms with Gasteiger partial charge in [0.25, 0.3) is 0 Å². The molecule has 0 fully saturated rings. The molecule has 0 saturated carbocycles. The third-order valence-electron chi connectivity index (χ3n) is 2.96. The molecule has 2 aromatic carbocycles. The van der Waals surface area contributed by atoms with Gasteiger partial charge >= 0.3 is 3.98 Å². The monoisotopic (exact) mass is 415 g/mol. The fourth-order valence-corrected chi connectivity index (χ4v) is 4.34. The van der Waals surface area contributed by atoms with E-state index in [4.69, 9.17) is 4.74 Å². The molecule has 0 spiro atoms. The van der Waals surface area contributed by atoms with E-state index in [1.165, 1.54) is 19.1 Å². The van der Waals surface area contributed by atoms with Crippen LogP contribution in [-0.2, 0) is 0 Å². The third kappa shape index (κ3) is 3.05. The smallest absolute Gasteiger partial charge is 0.320 e. The summed E-state index contributed by atoms with van der Waals surface area (Å²) in [5.74, 6) is 0.912. The third-order valence-corrected chi connectivity index (χ3v) is 5.62. The zero-order valence-corrected chi connectivity index (χ0v) is 15.0. The summed E-state index contributed by atoms with van der Waals surface area (Å²) >= 11 is 3.60. The summed E-state index contributed by atoms with van der Waals surface area (Å²) in [6, 6.07) is 16.6. The average Bonchev–Trinajstić information content (AvgIpc) is 2.90. The molecule has 0 saturated heterocycles. The fraction of sp³-hybridized carbons (Fsp3) is 0.133. The van der Waals surface area contributed by atoms with Crippen LogP contribution in [0.3, 0.4) is 0 Å². The van der Waals surface area contributed by atoms with E-state index in [9.17, 15) is 0 Å². The number of ether oxygens (including phenoxy) is 1. The summed E-state index contributed by atoms with van der Waals surface area (Å²) in [6.45, 7) is 0. The molecule has 0 atom stereocenters. The summed E-state index contributed by atoms with van der Waals surface area (Å²) in [5.41, 5.74) is 1.21. The maximum Gasteiger partial charge on any atom is 0.320 e. The SMILES string of the molecule is COc1ccc2sc(=[N+](C)c3ccccc3)sc2c1.[I-]. The minimum absolute atomic E-state index is 0. The highest BCUT2D eigenvalue weighted by Gasteiger charge is 2.09. The minimum Gasteiger partial charge on any atom is -1.00 e. The maximum atomic E-state index is 5.27. The van der Waals surface area contributed by atoms with Gasteiger partial charge in [0.05, 0.1) is 16.5 Å². The first-order chi connectivity index (χ1) is 9.28. The second kappa shape index (κ2) is 6.69. The van der Waals surface area contributed by atoms with Gasteiger partial charge < -0.3 is 28.7 Å². The molecule has 0 unspecified atom stereocenters. The lowest BCUT2D eigenvalue weighted by molar-refractivity contribution is -0.00000393. The molecule has 0 radical (unpaired) electrons. The lowest BCUT2D eigenvalue weighted by atomic mass is 10.3. The van der Waals surface area contributed by atoms with Gasteiger partial charge in [-0.15, -0.1) is 0 Å². The van der Waals surface area contributed by atoms with Crippen LogP contribution in [0.25, 0.3) is 9.40 Å². The zero-order valence-electron chi connectivity index (χ0n) is 11.2. The highest BCUT2D eigenvalue weighted by Crippen LogP contribution is 2.26. The van der Waals surface area contributed by atoms with Crippen LogP contribution in [0.1, 0.15) is 0 Å². The Morgan fingerprint density at radius 2 is 1.65 bits per heavy atom. The molecule has 1 aromatic heterocycles. The summed E-state index contributed by atoms with van der Waals surface area (Å²) < 4.78 is 11.3. The van der Waals surface area contributed by atoms with Crippen molar-refractivity contribution in [2.75, 3.05) is 14.2 Å². The standard InChI is InChI=1S/C15H14NOS2.HI/c1-16(11-6-4-3-5-7-11)15-18-13-9-8-12(17-2)10-14(13)19-15;/h3-10H,1-2H3;1H/q+1;/p-1. The quantitative estimate of drug-likeness (QED) is 0.444. The van der Waals surface area contributed by atoms with Crippen molar-refractivity contribution in [2.45, 2.75) is 0 Å².